The molecular formula is C16H23BrFNO. The van der Waals surface area contributed by atoms with Crippen LogP contribution in [0.2, 0.25) is 0 Å². The largest absolute Gasteiger partial charge is 0.352 e. The van der Waals surface area contributed by atoms with E-state index in [1.54, 1.807) is 12.1 Å². The normalized spacial score (nSPS) is 10.8. The molecule has 1 aromatic rings. The zero-order valence-corrected chi connectivity index (χ0v) is 13.8. The van der Waals surface area contributed by atoms with Gasteiger partial charge < -0.3 is 5.32 Å². The number of halogens is 2. The molecule has 1 aromatic carbocycles. The summed E-state index contributed by atoms with van der Waals surface area (Å²) in [4.78, 5) is 11.9. The third kappa shape index (κ3) is 6.04. The van der Waals surface area contributed by atoms with Crippen molar-refractivity contribution < 1.29 is 9.18 Å². The third-order valence-corrected chi connectivity index (χ3v) is 3.84. The van der Waals surface area contributed by atoms with E-state index in [0.29, 0.717) is 11.0 Å². The molecule has 20 heavy (non-hydrogen) atoms. The van der Waals surface area contributed by atoms with E-state index >= 15 is 0 Å². The smallest absolute Gasteiger partial charge is 0.255 e. The molecule has 0 aliphatic carbocycles. The van der Waals surface area contributed by atoms with E-state index in [-0.39, 0.29) is 11.5 Å². The minimum Gasteiger partial charge on any atom is -0.352 e. The maximum absolute atomic E-state index is 13.6. The first-order chi connectivity index (χ1) is 9.52. The van der Waals surface area contributed by atoms with E-state index in [1.807, 2.05) is 0 Å². The highest BCUT2D eigenvalue weighted by molar-refractivity contribution is 9.10. The maximum Gasteiger partial charge on any atom is 0.255 e. The quantitative estimate of drug-likeness (QED) is 0.666. The van der Waals surface area contributed by atoms with Crippen molar-refractivity contribution in [2.45, 2.75) is 46.0 Å². The summed E-state index contributed by atoms with van der Waals surface area (Å²) in [6.07, 6.45) is 5.73. The summed E-state index contributed by atoms with van der Waals surface area (Å²) in [5.74, 6) is -0.0842. The molecule has 0 bridgehead atoms. The van der Waals surface area contributed by atoms with Crippen LogP contribution in [0, 0.1) is 11.7 Å². The van der Waals surface area contributed by atoms with Crippen molar-refractivity contribution in [3.05, 3.63) is 34.1 Å². The van der Waals surface area contributed by atoms with Gasteiger partial charge in [0.15, 0.2) is 0 Å². The molecule has 0 aliphatic heterocycles. The molecule has 1 amide bonds. The number of hydrogen-bond donors (Lipinski definition) is 1. The molecule has 0 saturated carbocycles. The standard InChI is InChI=1S/C16H23BrFNO/c1-12(2)8-5-3-4-6-11-19-16(20)15-13(17)9-7-10-14(15)18/h7,9-10,12H,3-6,8,11H2,1-2H3,(H,19,20). The van der Waals surface area contributed by atoms with Crippen molar-refractivity contribution in [3.63, 3.8) is 0 Å². The number of rotatable bonds is 8. The second kappa shape index (κ2) is 9.11. The Balaban J connectivity index is 2.24. The Labute approximate surface area is 129 Å². The number of carbonyl (C=O) groups excluding carboxylic acids is 1. The van der Waals surface area contributed by atoms with Crippen LogP contribution >= 0.6 is 15.9 Å². The predicted octanol–water partition coefficient (Wildman–Crippen LogP) is 4.92. The van der Waals surface area contributed by atoms with Gasteiger partial charge in [0, 0.05) is 11.0 Å². The van der Waals surface area contributed by atoms with Crippen LogP contribution in [0.15, 0.2) is 22.7 Å². The molecule has 4 heteroatoms. The molecule has 0 spiro atoms. The lowest BCUT2D eigenvalue weighted by molar-refractivity contribution is 0.0948. The van der Waals surface area contributed by atoms with E-state index in [9.17, 15) is 9.18 Å². The lowest BCUT2D eigenvalue weighted by atomic mass is 10.0. The molecule has 112 valence electrons. The van der Waals surface area contributed by atoms with Crippen LogP contribution in [-0.2, 0) is 0 Å². The van der Waals surface area contributed by atoms with E-state index in [1.165, 1.54) is 25.3 Å². The molecular weight excluding hydrogens is 321 g/mol. The van der Waals surface area contributed by atoms with E-state index in [0.717, 1.165) is 18.8 Å². The van der Waals surface area contributed by atoms with Crippen molar-refractivity contribution in [1.82, 2.24) is 5.32 Å². The Morgan fingerprint density at radius 3 is 2.60 bits per heavy atom. The highest BCUT2D eigenvalue weighted by Gasteiger charge is 2.14. The van der Waals surface area contributed by atoms with Gasteiger partial charge in [-0.2, -0.15) is 0 Å². The van der Waals surface area contributed by atoms with Crippen molar-refractivity contribution in [2.75, 3.05) is 6.54 Å². The molecule has 2 nitrogen and oxygen atoms in total. The van der Waals surface area contributed by atoms with Gasteiger partial charge in [-0.25, -0.2) is 4.39 Å². The van der Waals surface area contributed by atoms with Crippen LogP contribution < -0.4 is 5.32 Å². The van der Waals surface area contributed by atoms with Gasteiger partial charge in [0.25, 0.3) is 5.91 Å². The summed E-state index contributed by atoms with van der Waals surface area (Å²) < 4.78 is 14.1. The monoisotopic (exact) mass is 343 g/mol. The molecule has 0 unspecified atom stereocenters. The first kappa shape index (κ1) is 17.2. The highest BCUT2D eigenvalue weighted by Crippen LogP contribution is 2.19. The Kier molecular flexibility index (Phi) is 7.82. The summed E-state index contributed by atoms with van der Waals surface area (Å²) in [7, 11) is 0. The molecule has 1 rings (SSSR count). The maximum atomic E-state index is 13.6. The Morgan fingerprint density at radius 1 is 1.25 bits per heavy atom. The van der Waals surface area contributed by atoms with Crippen LogP contribution in [0.4, 0.5) is 4.39 Å². The topological polar surface area (TPSA) is 29.1 Å². The summed E-state index contributed by atoms with van der Waals surface area (Å²) in [5.41, 5.74) is 0.0901. The fourth-order valence-corrected chi connectivity index (χ4v) is 2.56. The lowest BCUT2D eigenvalue weighted by Crippen LogP contribution is -2.25. The van der Waals surface area contributed by atoms with Crippen LogP contribution in [-0.4, -0.2) is 12.5 Å². The van der Waals surface area contributed by atoms with Crippen LogP contribution in [0.25, 0.3) is 0 Å². The number of carbonyl (C=O) groups is 1. The predicted molar refractivity (Wildman–Crippen MR) is 84.4 cm³/mol. The van der Waals surface area contributed by atoms with Crippen LogP contribution in [0.3, 0.4) is 0 Å². The summed E-state index contributed by atoms with van der Waals surface area (Å²) in [6.45, 7) is 5.06. The van der Waals surface area contributed by atoms with E-state index < -0.39 is 5.82 Å². The minimum absolute atomic E-state index is 0.0901. The number of hydrogen-bond acceptors (Lipinski definition) is 1. The van der Waals surface area contributed by atoms with E-state index in [4.69, 9.17) is 0 Å². The van der Waals surface area contributed by atoms with Crippen LogP contribution in [0.1, 0.15) is 56.3 Å². The van der Waals surface area contributed by atoms with Gasteiger partial charge in [-0.3, -0.25) is 4.79 Å². The molecule has 0 aromatic heterocycles. The number of amides is 1. The number of unbranched alkanes of at least 4 members (excludes halogenated alkanes) is 3. The summed E-state index contributed by atoms with van der Waals surface area (Å²) in [6, 6.07) is 4.54. The SMILES string of the molecule is CC(C)CCCCCCNC(=O)c1c(F)cccc1Br. The Hall–Kier alpha value is -0.900. The zero-order valence-electron chi connectivity index (χ0n) is 12.2. The second-order valence-corrected chi connectivity index (χ2v) is 6.30. The van der Waals surface area contributed by atoms with Gasteiger partial charge in [-0.15, -0.1) is 0 Å². The highest BCUT2D eigenvalue weighted by atomic mass is 79.9. The van der Waals surface area contributed by atoms with Gasteiger partial charge >= 0.3 is 0 Å². The fourth-order valence-electron chi connectivity index (χ4n) is 2.04. The van der Waals surface area contributed by atoms with Crippen molar-refractivity contribution in [3.8, 4) is 0 Å². The molecule has 0 radical (unpaired) electrons. The fraction of sp³-hybridized carbons (Fsp3) is 0.562. The van der Waals surface area contributed by atoms with Crippen molar-refractivity contribution >= 4 is 21.8 Å². The molecule has 0 fully saturated rings. The lowest BCUT2D eigenvalue weighted by Gasteiger charge is -2.08. The summed E-state index contributed by atoms with van der Waals surface area (Å²) in [5, 5.41) is 2.77. The third-order valence-electron chi connectivity index (χ3n) is 3.18. The molecule has 0 heterocycles. The molecule has 0 aliphatic rings. The first-order valence-corrected chi connectivity index (χ1v) is 8.04. The minimum atomic E-state index is -0.492. The molecule has 1 N–H and O–H groups in total. The number of benzene rings is 1. The average molecular weight is 344 g/mol. The van der Waals surface area contributed by atoms with Gasteiger partial charge in [-0.05, 0) is 40.4 Å². The van der Waals surface area contributed by atoms with Gasteiger partial charge in [0.1, 0.15) is 5.82 Å². The first-order valence-electron chi connectivity index (χ1n) is 7.24. The van der Waals surface area contributed by atoms with Crippen molar-refractivity contribution in [1.29, 1.82) is 0 Å². The number of nitrogens with one attached hydrogen (secondary N) is 1. The van der Waals surface area contributed by atoms with Gasteiger partial charge in [-0.1, -0.05) is 45.6 Å². The Bertz CT molecular complexity index is 414. The molecule has 0 saturated heterocycles. The average Bonchev–Trinajstić information content (AvgIpc) is 2.37. The second-order valence-electron chi connectivity index (χ2n) is 5.45. The van der Waals surface area contributed by atoms with Gasteiger partial charge in [0.2, 0.25) is 0 Å². The molecule has 0 atom stereocenters. The summed E-state index contributed by atoms with van der Waals surface area (Å²) >= 11 is 3.20. The van der Waals surface area contributed by atoms with Crippen molar-refractivity contribution in [2.24, 2.45) is 5.92 Å². The van der Waals surface area contributed by atoms with Crippen LogP contribution in [0.5, 0.6) is 0 Å². The zero-order chi connectivity index (χ0) is 15.0. The van der Waals surface area contributed by atoms with E-state index in [2.05, 4.69) is 35.1 Å². The Morgan fingerprint density at radius 2 is 1.95 bits per heavy atom. The van der Waals surface area contributed by atoms with Gasteiger partial charge in [0.05, 0.1) is 5.56 Å².